The minimum atomic E-state index is -0.462. The smallest absolute Gasteiger partial charge is 0.358 e. The first-order valence-corrected chi connectivity index (χ1v) is 5.26. The number of esters is 1. The average Bonchev–Trinajstić information content (AvgIpc) is 2.65. The zero-order chi connectivity index (χ0) is 12.0. The summed E-state index contributed by atoms with van der Waals surface area (Å²) in [5.74, 6) is -0.462. The van der Waals surface area contributed by atoms with Crippen LogP contribution in [0.1, 0.15) is 24.3 Å². The summed E-state index contributed by atoms with van der Waals surface area (Å²) < 4.78 is 11.6. The van der Waals surface area contributed by atoms with E-state index in [2.05, 4.69) is 5.10 Å². The van der Waals surface area contributed by atoms with E-state index < -0.39 is 5.97 Å². The van der Waals surface area contributed by atoms with Crippen molar-refractivity contribution in [3.63, 3.8) is 0 Å². The molecule has 90 valence electrons. The molecule has 1 aromatic heterocycles. The van der Waals surface area contributed by atoms with Crippen molar-refractivity contribution in [1.82, 2.24) is 9.78 Å². The van der Waals surface area contributed by atoms with Gasteiger partial charge in [0.15, 0.2) is 5.69 Å². The number of hydrogen-bond acceptors (Lipinski definition) is 5. The summed E-state index contributed by atoms with van der Waals surface area (Å²) >= 11 is 0. The van der Waals surface area contributed by atoms with E-state index in [0.717, 1.165) is 0 Å². The van der Waals surface area contributed by atoms with E-state index in [4.69, 9.17) is 15.2 Å². The van der Waals surface area contributed by atoms with Crippen LogP contribution >= 0.6 is 0 Å². The van der Waals surface area contributed by atoms with Crippen molar-refractivity contribution in [2.45, 2.75) is 20.4 Å². The molecule has 0 amide bonds. The zero-order valence-corrected chi connectivity index (χ0v) is 9.60. The maximum Gasteiger partial charge on any atom is 0.358 e. The fraction of sp³-hybridized carbons (Fsp3) is 0.600. The third-order valence-corrected chi connectivity index (χ3v) is 2.03. The van der Waals surface area contributed by atoms with E-state index in [1.54, 1.807) is 0 Å². The van der Waals surface area contributed by atoms with Gasteiger partial charge in [-0.1, -0.05) is 0 Å². The van der Waals surface area contributed by atoms with Crippen LogP contribution in [-0.2, 0) is 16.0 Å². The molecule has 0 aliphatic rings. The van der Waals surface area contributed by atoms with Gasteiger partial charge in [0.1, 0.15) is 6.61 Å². The second-order valence-electron chi connectivity index (χ2n) is 3.10. The molecule has 0 spiro atoms. The Balaban J connectivity index is 2.55. The normalized spacial score (nSPS) is 10.4. The molecular weight excluding hydrogens is 210 g/mol. The molecule has 0 bridgehead atoms. The molecule has 0 unspecified atom stereocenters. The Hall–Kier alpha value is -1.56. The van der Waals surface area contributed by atoms with Gasteiger partial charge < -0.3 is 15.2 Å². The van der Waals surface area contributed by atoms with E-state index in [0.29, 0.717) is 31.1 Å². The quantitative estimate of drug-likeness (QED) is 0.571. The fourth-order valence-corrected chi connectivity index (χ4v) is 1.27. The highest BCUT2D eigenvalue weighted by Gasteiger charge is 2.17. The second kappa shape index (κ2) is 6.12. The molecular formula is C10H17N3O3. The van der Waals surface area contributed by atoms with Gasteiger partial charge in [0.05, 0.1) is 18.5 Å². The molecule has 0 radical (unpaired) electrons. The number of hydrogen-bond donors (Lipinski definition) is 1. The number of ether oxygens (including phenoxy) is 2. The largest absolute Gasteiger partial charge is 0.458 e. The van der Waals surface area contributed by atoms with Gasteiger partial charge in [-0.2, -0.15) is 5.10 Å². The number of nitrogens with two attached hydrogens (primary N) is 1. The minimum Gasteiger partial charge on any atom is -0.458 e. The van der Waals surface area contributed by atoms with Gasteiger partial charge in [0, 0.05) is 13.2 Å². The number of nitrogens with zero attached hydrogens (tertiary/aromatic N) is 2. The Morgan fingerprint density at radius 3 is 2.88 bits per heavy atom. The van der Waals surface area contributed by atoms with Gasteiger partial charge >= 0.3 is 5.97 Å². The zero-order valence-electron chi connectivity index (χ0n) is 9.60. The number of aromatic nitrogens is 2. The lowest BCUT2D eigenvalue weighted by Gasteiger charge is -2.06. The molecule has 0 fully saturated rings. The average molecular weight is 227 g/mol. The number of anilines is 1. The molecule has 0 saturated heterocycles. The first-order valence-electron chi connectivity index (χ1n) is 5.26. The topological polar surface area (TPSA) is 79.4 Å². The summed E-state index contributed by atoms with van der Waals surface area (Å²) in [6, 6.07) is 0. The van der Waals surface area contributed by atoms with Crippen LogP contribution in [0.3, 0.4) is 0 Å². The van der Waals surface area contributed by atoms with E-state index >= 15 is 0 Å². The number of carbonyl (C=O) groups is 1. The second-order valence-corrected chi connectivity index (χ2v) is 3.10. The molecule has 16 heavy (non-hydrogen) atoms. The summed E-state index contributed by atoms with van der Waals surface area (Å²) in [4.78, 5) is 11.7. The van der Waals surface area contributed by atoms with Gasteiger partial charge in [-0.3, -0.25) is 4.68 Å². The van der Waals surface area contributed by atoms with Crippen LogP contribution in [0.2, 0.25) is 0 Å². The summed E-state index contributed by atoms with van der Waals surface area (Å²) in [6.45, 7) is 5.55. The lowest BCUT2D eigenvalue weighted by molar-refractivity contribution is 0.0324. The van der Waals surface area contributed by atoms with Crippen molar-refractivity contribution < 1.29 is 14.3 Å². The predicted molar refractivity (Wildman–Crippen MR) is 59.1 cm³/mol. The molecule has 6 nitrogen and oxygen atoms in total. The Morgan fingerprint density at radius 2 is 2.25 bits per heavy atom. The van der Waals surface area contributed by atoms with Gasteiger partial charge in [-0.05, 0) is 13.8 Å². The Labute approximate surface area is 94.3 Å². The molecule has 0 aliphatic carbocycles. The van der Waals surface area contributed by atoms with Crippen molar-refractivity contribution in [3.05, 3.63) is 11.9 Å². The Kier molecular flexibility index (Phi) is 4.78. The lowest BCUT2D eigenvalue weighted by atomic mass is 10.4. The molecule has 0 aliphatic heterocycles. The first kappa shape index (κ1) is 12.5. The molecule has 1 rings (SSSR count). The number of rotatable bonds is 6. The van der Waals surface area contributed by atoms with Gasteiger partial charge in [-0.15, -0.1) is 0 Å². The highest BCUT2D eigenvalue weighted by molar-refractivity contribution is 5.93. The van der Waals surface area contributed by atoms with Crippen LogP contribution in [0.15, 0.2) is 6.20 Å². The highest BCUT2D eigenvalue weighted by atomic mass is 16.6. The molecule has 0 aromatic carbocycles. The summed E-state index contributed by atoms with van der Waals surface area (Å²) in [5.41, 5.74) is 6.27. The van der Waals surface area contributed by atoms with Crippen molar-refractivity contribution >= 4 is 11.7 Å². The van der Waals surface area contributed by atoms with Crippen molar-refractivity contribution in [2.75, 3.05) is 25.6 Å². The van der Waals surface area contributed by atoms with Crippen LogP contribution in [0.4, 0.5) is 5.69 Å². The molecule has 2 N–H and O–H groups in total. The van der Waals surface area contributed by atoms with Crippen molar-refractivity contribution in [3.8, 4) is 0 Å². The lowest BCUT2D eigenvalue weighted by Crippen LogP contribution is -2.16. The maximum atomic E-state index is 11.7. The molecule has 1 heterocycles. The number of carbonyl (C=O) groups excluding carboxylic acids is 1. The summed E-state index contributed by atoms with van der Waals surface area (Å²) in [7, 11) is 0. The van der Waals surface area contributed by atoms with Crippen LogP contribution < -0.4 is 5.73 Å². The Morgan fingerprint density at radius 1 is 1.50 bits per heavy atom. The van der Waals surface area contributed by atoms with Crippen molar-refractivity contribution in [1.29, 1.82) is 0 Å². The van der Waals surface area contributed by atoms with E-state index in [9.17, 15) is 4.79 Å². The van der Waals surface area contributed by atoms with Crippen LogP contribution in [0.25, 0.3) is 0 Å². The van der Waals surface area contributed by atoms with Crippen LogP contribution in [-0.4, -0.2) is 35.6 Å². The first-order chi connectivity index (χ1) is 7.70. The Bertz CT molecular complexity index is 349. The van der Waals surface area contributed by atoms with Gasteiger partial charge in [0.25, 0.3) is 0 Å². The van der Waals surface area contributed by atoms with Crippen LogP contribution in [0, 0.1) is 0 Å². The number of nitrogen functional groups attached to an aromatic ring is 1. The standard InChI is InChI=1S/C10H17N3O3/c1-3-13-9(8(11)7-12-13)10(14)16-6-5-15-4-2/h7H,3-6,11H2,1-2H3. The van der Waals surface area contributed by atoms with E-state index in [1.807, 2.05) is 13.8 Å². The molecule has 1 aromatic rings. The molecule has 6 heteroatoms. The van der Waals surface area contributed by atoms with Gasteiger partial charge in [0.2, 0.25) is 0 Å². The summed E-state index contributed by atoms with van der Waals surface area (Å²) in [5, 5.41) is 3.96. The van der Waals surface area contributed by atoms with E-state index in [-0.39, 0.29) is 6.61 Å². The summed E-state index contributed by atoms with van der Waals surface area (Å²) in [6.07, 6.45) is 1.45. The third-order valence-electron chi connectivity index (χ3n) is 2.03. The van der Waals surface area contributed by atoms with Gasteiger partial charge in [-0.25, -0.2) is 4.79 Å². The SMILES string of the molecule is CCOCCOC(=O)c1c(N)cnn1CC. The van der Waals surface area contributed by atoms with E-state index in [1.165, 1.54) is 10.9 Å². The van der Waals surface area contributed by atoms with Crippen molar-refractivity contribution in [2.24, 2.45) is 0 Å². The fourth-order valence-electron chi connectivity index (χ4n) is 1.27. The minimum absolute atomic E-state index is 0.223. The highest BCUT2D eigenvalue weighted by Crippen LogP contribution is 2.11. The molecule has 0 saturated carbocycles. The van der Waals surface area contributed by atoms with Crippen LogP contribution in [0.5, 0.6) is 0 Å². The monoisotopic (exact) mass is 227 g/mol. The predicted octanol–water partition coefficient (Wildman–Crippen LogP) is 0.678. The number of aryl methyl sites for hydroxylation is 1. The molecule has 0 atom stereocenters. The third kappa shape index (κ3) is 2.96. The maximum absolute atomic E-state index is 11.7.